The quantitative estimate of drug-likeness (QED) is 0.857. The molecule has 0 radical (unpaired) electrons. The Bertz CT molecular complexity index is 696. The van der Waals surface area contributed by atoms with Crippen molar-refractivity contribution in [1.82, 2.24) is 15.2 Å². The molecule has 124 valence electrons. The number of rotatable bonds is 1. The number of likely N-dealkylation sites (tertiary alicyclic amines) is 1. The molecule has 2 fully saturated rings. The molecule has 2 aromatic rings. The van der Waals surface area contributed by atoms with Gasteiger partial charge in [0.2, 0.25) is 0 Å². The highest BCUT2D eigenvalue weighted by Gasteiger charge is 2.42. The van der Waals surface area contributed by atoms with Crippen LogP contribution in [0.1, 0.15) is 23.2 Å². The number of hydrogen-bond acceptors (Lipinski definition) is 3. The number of fused-ring (bicyclic) bond motifs is 1. The number of para-hydroxylation sites is 1. The van der Waals surface area contributed by atoms with Crippen molar-refractivity contribution in [3.8, 4) is 0 Å². The van der Waals surface area contributed by atoms with Gasteiger partial charge in [-0.25, -0.2) is 0 Å². The minimum atomic E-state index is 0. The van der Waals surface area contributed by atoms with Crippen molar-refractivity contribution in [2.45, 2.75) is 12.8 Å². The van der Waals surface area contributed by atoms with Gasteiger partial charge in [0.25, 0.3) is 5.91 Å². The van der Waals surface area contributed by atoms with Crippen LogP contribution in [-0.4, -0.2) is 42.0 Å². The number of nitrogens with zero attached hydrogens (tertiary/aromatic N) is 2. The van der Waals surface area contributed by atoms with Gasteiger partial charge in [0.1, 0.15) is 0 Å². The van der Waals surface area contributed by atoms with Gasteiger partial charge in [0, 0.05) is 36.6 Å². The van der Waals surface area contributed by atoms with E-state index in [1.165, 1.54) is 6.42 Å². The van der Waals surface area contributed by atoms with E-state index in [0.29, 0.717) is 5.41 Å². The molecule has 2 aliphatic rings. The Morgan fingerprint density at radius 3 is 2.78 bits per heavy atom. The molecule has 3 heterocycles. The summed E-state index contributed by atoms with van der Waals surface area (Å²) in [5.41, 5.74) is 1.86. The smallest absolute Gasteiger partial charge is 0.256 e. The van der Waals surface area contributed by atoms with E-state index >= 15 is 0 Å². The van der Waals surface area contributed by atoms with Crippen molar-refractivity contribution in [1.29, 1.82) is 0 Å². The molecule has 1 aromatic carbocycles. The van der Waals surface area contributed by atoms with E-state index in [9.17, 15) is 4.79 Å². The maximum atomic E-state index is 12.9. The van der Waals surface area contributed by atoms with E-state index < -0.39 is 0 Å². The van der Waals surface area contributed by atoms with Crippen molar-refractivity contribution < 1.29 is 4.79 Å². The number of nitrogens with one attached hydrogen (secondary N) is 1. The molecular weight excluding hydrogens is 333 g/mol. The van der Waals surface area contributed by atoms with Gasteiger partial charge in [-0.1, -0.05) is 18.2 Å². The van der Waals surface area contributed by atoms with Crippen LogP contribution in [0, 0.1) is 5.41 Å². The molecule has 1 N–H and O–H groups in total. The molecule has 4 nitrogen and oxygen atoms in total. The number of carbonyl (C=O) groups excluding carboxylic acids is 1. The highest BCUT2D eigenvalue weighted by atomic mass is 35.5. The Morgan fingerprint density at radius 1 is 1.17 bits per heavy atom. The summed E-state index contributed by atoms with van der Waals surface area (Å²) in [4.78, 5) is 19.3. The first-order chi connectivity index (χ1) is 10.3. The molecule has 2 aliphatic heterocycles. The summed E-state index contributed by atoms with van der Waals surface area (Å²) in [6.45, 7) is 3.87. The maximum Gasteiger partial charge on any atom is 0.256 e. The minimum Gasteiger partial charge on any atom is -0.338 e. The van der Waals surface area contributed by atoms with Crippen LogP contribution in [0.2, 0.25) is 0 Å². The molecule has 0 saturated carbocycles. The first-order valence-corrected chi connectivity index (χ1v) is 7.61. The van der Waals surface area contributed by atoms with E-state index in [0.717, 1.165) is 49.1 Å². The zero-order valence-corrected chi connectivity index (χ0v) is 14.5. The average molecular weight is 354 g/mol. The molecule has 1 spiro atoms. The summed E-state index contributed by atoms with van der Waals surface area (Å²) < 4.78 is 0. The van der Waals surface area contributed by atoms with Gasteiger partial charge in [0.15, 0.2) is 0 Å². The molecule has 6 heteroatoms. The average Bonchev–Trinajstić information content (AvgIpc) is 3.17. The van der Waals surface area contributed by atoms with Crippen molar-refractivity contribution >= 4 is 41.6 Å². The van der Waals surface area contributed by atoms with Gasteiger partial charge >= 0.3 is 0 Å². The Labute approximate surface area is 148 Å². The van der Waals surface area contributed by atoms with Crippen LogP contribution in [0.3, 0.4) is 0 Å². The fourth-order valence-corrected chi connectivity index (χ4v) is 3.70. The van der Waals surface area contributed by atoms with Gasteiger partial charge in [-0.2, -0.15) is 0 Å². The summed E-state index contributed by atoms with van der Waals surface area (Å²) in [6, 6.07) is 9.76. The van der Waals surface area contributed by atoms with Gasteiger partial charge < -0.3 is 10.2 Å². The summed E-state index contributed by atoms with van der Waals surface area (Å²) >= 11 is 0. The predicted octanol–water partition coefficient (Wildman–Crippen LogP) is 2.90. The normalized spacial score (nSPS) is 22.9. The summed E-state index contributed by atoms with van der Waals surface area (Å²) in [5.74, 6) is 0.128. The second kappa shape index (κ2) is 7.04. The van der Waals surface area contributed by atoms with Crippen LogP contribution >= 0.6 is 24.8 Å². The third-order valence-electron chi connectivity index (χ3n) is 4.92. The first-order valence-electron chi connectivity index (χ1n) is 7.61. The van der Waals surface area contributed by atoms with Crippen LogP contribution in [0.25, 0.3) is 10.9 Å². The maximum absolute atomic E-state index is 12.9. The number of pyridine rings is 1. The number of hydrogen-bond donors (Lipinski definition) is 1. The van der Waals surface area contributed by atoms with Crippen LogP contribution in [0.15, 0.2) is 36.5 Å². The summed E-state index contributed by atoms with van der Waals surface area (Å²) in [5, 5.41) is 4.46. The molecular formula is C17H21Cl2N3O. The van der Waals surface area contributed by atoms with Gasteiger partial charge in [0.05, 0.1) is 11.1 Å². The molecule has 1 amide bonds. The van der Waals surface area contributed by atoms with E-state index in [1.807, 2.05) is 35.2 Å². The summed E-state index contributed by atoms with van der Waals surface area (Å²) in [6.07, 6.45) is 4.06. The second-order valence-corrected chi connectivity index (χ2v) is 6.28. The lowest BCUT2D eigenvalue weighted by Gasteiger charge is -2.23. The van der Waals surface area contributed by atoms with Crippen LogP contribution in [-0.2, 0) is 0 Å². The lowest BCUT2D eigenvalue weighted by Crippen LogP contribution is -2.33. The fraction of sp³-hybridized carbons (Fsp3) is 0.412. The van der Waals surface area contributed by atoms with Crippen molar-refractivity contribution in [2.24, 2.45) is 5.41 Å². The Hall–Kier alpha value is -1.36. The summed E-state index contributed by atoms with van der Waals surface area (Å²) in [7, 11) is 0. The molecule has 0 bridgehead atoms. The van der Waals surface area contributed by atoms with E-state index in [-0.39, 0.29) is 30.7 Å². The fourth-order valence-electron chi connectivity index (χ4n) is 3.70. The van der Waals surface area contributed by atoms with Crippen molar-refractivity contribution in [3.63, 3.8) is 0 Å². The molecule has 2 saturated heterocycles. The molecule has 1 unspecified atom stereocenters. The van der Waals surface area contributed by atoms with Gasteiger partial charge in [-0.3, -0.25) is 9.78 Å². The number of aromatic nitrogens is 1. The second-order valence-electron chi connectivity index (χ2n) is 6.28. The zero-order chi connectivity index (χ0) is 14.3. The Balaban J connectivity index is 0.000000960. The predicted molar refractivity (Wildman–Crippen MR) is 96.7 cm³/mol. The van der Waals surface area contributed by atoms with Crippen LogP contribution in [0.5, 0.6) is 0 Å². The van der Waals surface area contributed by atoms with Crippen LogP contribution < -0.4 is 5.32 Å². The molecule has 0 aliphatic carbocycles. The Kier molecular flexibility index (Phi) is 5.50. The topological polar surface area (TPSA) is 45.2 Å². The number of amides is 1. The van der Waals surface area contributed by atoms with Gasteiger partial charge in [-0.05, 0) is 31.5 Å². The third-order valence-corrected chi connectivity index (χ3v) is 4.92. The van der Waals surface area contributed by atoms with Crippen molar-refractivity contribution in [3.05, 3.63) is 42.1 Å². The third kappa shape index (κ3) is 3.16. The van der Waals surface area contributed by atoms with Gasteiger partial charge in [-0.15, -0.1) is 24.8 Å². The highest BCUT2D eigenvalue weighted by molar-refractivity contribution is 6.05. The Morgan fingerprint density at radius 2 is 2.00 bits per heavy atom. The molecule has 1 aromatic heterocycles. The minimum absolute atomic E-state index is 0. The van der Waals surface area contributed by atoms with Crippen LogP contribution in [0.4, 0.5) is 0 Å². The lowest BCUT2D eigenvalue weighted by atomic mass is 9.86. The zero-order valence-electron chi connectivity index (χ0n) is 12.8. The lowest BCUT2D eigenvalue weighted by molar-refractivity contribution is 0.0777. The molecule has 4 rings (SSSR count). The monoisotopic (exact) mass is 353 g/mol. The molecule has 23 heavy (non-hydrogen) atoms. The standard InChI is InChI=1S/C17H19N3O.2ClH/c21-16(20-10-7-17(12-20)6-9-18-11-17)14-5-1-3-13-4-2-8-19-15(13)14;;/h1-5,8,18H,6-7,9-12H2;2*1H. The number of carbonyl (C=O) groups is 1. The van der Waals surface area contributed by atoms with Crippen molar-refractivity contribution in [2.75, 3.05) is 26.2 Å². The van der Waals surface area contributed by atoms with E-state index in [2.05, 4.69) is 10.3 Å². The van der Waals surface area contributed by atoms with E-state index in [4.69, 9.17) is 0 Å². The number of halogens is 2. The number of benzene rings is 1. The highest BCUT2D eigenvalue weighted by Crippen LogP contribution is 2.36. The first kappa shape index (κ1) is 18.0. The molecule has 1 atom stereocenters. The van der Waals surface area contributed by atoms with E-state index in [1.54, 1.807) is 6.20 Å². The largest absolute Gasteiger partial charge is 0.338 e. The SMILES string of the molecule is Cl.Cl.O=C(c1cccc2cccnc12)N1CCC2(CCNC2)C1.